The Labute approximate surface area is 196 Å². The number of nitrogens with one attached hydrogen (secondary N) is 3. The van der Waals surface area contributed by atoms with Crippen LogP contribution in [-0.4, -0.2) is 72.0 Å². The lowest BCUT2D eigenvalue weighted by Gasteiger charge is -2.28. The maximum atomic E-state index is 13.0. The van der Waals surface area contributed by atoms with Gasteiger partial charge in [0.2, 0.25) is 5.91 Å². The van der Waals surface area contributed by atoms with E-state index in [4.69, 9.17) is 5.73 Å². The van der Waals surface area contributed by atoms with E-state index in [-0.39, 0.29) is 18.0 Å². The van der Waals surface area contributed by atoms with Crippen molar-refractivity contribution in [3.63, 3.8) is 0 Å². The van der Waals surface area contributed by atoms with Gasteiger partial charge in [0.05, 0.1) is 6.04 Å². The number of thiol groups is 1. The predicted octanol–water partition coefficient (Wildman–Crippen LogP) is 1.38. The second kappa shape index (κ2) is 15.5. The van der Waals surface area contributed by atoms with Crippen molar-refractivity contribution in [3.05, 3.63) is 35.9 Å². The Hall–Kier alpha value is -1.26. The van der Waals surface area contributed by atoms with Crippen molar-refractivity contribution in [2.24, 2.45) is 11.7 Å². The summed E-state index contributed by atoms with van der Waals surface area (Å²) in [5.74, 6) is 0.277. The zero-order valence-corrected chi connectivity index (χ0v) is 20.4. The number of carboxylic acid groups (broad SMARTS) is 1. The zero-order valence-electron chi connectivity index (χ0n) is 18.7. The van der Waals surface area contributed by atoms with Crippen LogP contribution in [0, 0.1) is 5.92 Å². The number of nitrogens with two attached hydrogens (primary N) is 1. The van der Waals surface area contributed by atoms with Gasteiger partial charge in [0, 0.05) is 30.9 Å². The minimum absolute atomic E-state index is 0.0410. The third kappa shape index (κ3) is 11.2. The van der Waals surface area contributed by atoms with Gasteiger partial charge in [-0.3, -0.25) is 4.79 Å². The van der Waals surface area contributed by atoms with E-state index in [1.807, 2.05) is 36.6 Å². The molecule has 9 heteroatoms. The van der Waals surface area contributed by atoms with Gasteiger partial charge in [-0.1, -0.05) is 44.2 Å². The van der Waals surface area contributed by atoms with Crippen molar-refractivity contribution in [1.29, 1.82) is 0 Å². The predicted molar refractivity (Wildman–Crippen MR) is 133 cm³/mol. The fourth-order valence-corrected chi connectivity index (χ4v) is 3.65. The van der Waals surface area contributed by atoms with E-state index in [1.54, 1.807) is 11.8 Å². The van der Waals surface area contributed by atoms with Crippen LogP contribution in [0.4, 0.5) is 0 Å². The first-order valence-electron chi connectivity index (χ1n) is 10.7. The first-order valence-corrected chi connectivity index (χ1v) is 12.7. The van der Waals surface area contributed by atoms with Crippen LogP contribution >= 0.6 is 24.4 Å². The highest BCUT2D eigenvalue weighted by molar-refractivity contribution is 7.98. The van der Waals surface area contributed by atoms with E-state index in [9.17, 15) is 14.7 Å². The smallest absolute Gasteiger partial charge is 0.326 e. The highest BCUT2D eigenvalue weighted by Crippen LogP contribution is 2.08. The monoisotopic (exact) mass is 470 g/mol. The number of rotatable bonds is 16. The number of carbonyl (C=O) groups excluding carboxylic acids is 1. The second-order valence-corrected chi connectivity index (χ2v) is 9.38. The van der Waals surface area contributed by atoms with Crippen molar-refractivity contribution in [2.75, 3.05) is 30.9 Å². The zero-order chi connectivity index (χ0) is 23.2. The fraction of sp³-hybridized carbons (Fsp3) is 0.636. The average Bonchev–Trinajstić information content (AvgIpc) is 2.75. The molecule has 0 saturated heterocycles. The number of hydrogen-bond acceptors (Lipinski definition) is 7. The van der Waals surface area contributed by atoms with E-state index in [1.165, 1.54) is 0 Å². The van der Waals surface area contributed by atoms with E-state index in [2.05, 4.69) is 42.4 Å². The molecule has 0 aromatic heterocycles. The molecule has 1 aromatic carbocycles. The highest BCUT2D eigenvalue weighted by Gasteiger charge is 2.26. The van der Waals surface area contributed by atoms with Crippen LogP contribution in [0.1, 0.15) is 25.8 Å². The molecule has 0 fully saturated rings. The van der Waals surface area contributed by atoms with Crippen LogP contribution in [0.2, 0.25) is 0 Å². The molecule has 31 heavy (non-hydrogen) atoms. The van der Waals surface area contributed by atoms with Crippen LogP contribution in [0.25, 0.3) is 0 Å². The number of benzene rings is 1. The Morgan fingerprint density at radius 1 is 1.13 bits per heavy atom. The third-order valence-electron chi connectivity index (χ3n) is 5.09. The standard InChI is InChI=1S/C22H38N4O3S2/c1-15(2)20(24-12-17(23)14-30)13-25-19(11-16-7-5-4-6-8-16)21(27)26-18(22(28)29)9-10-31-3/h4-8,15,17-20,24-25,30H,9-14,23H2,1-3H3,(H,26,27)(H,28,29)/t17-,18-,19-,20?/m0/s1. The van der Waals surface area contributed by atoms with Gasteiger partial charge in [-0.05, 0) is 36.3 Å². The summed E-state index contributed by atoms with van der Waals surface area (Å²) in [6.07, 6.45) is 2.78. The summed E-state index contributed by atoms with van der Waals surface area (Å²) in [6, 6.07) is 8.36. The molecule has 0 aliphatic rings. The molecule has 7 nitrogen and oxygen atoms in total. The van der Waals surface area contributed by atoms with Crippen LogP contribution in [0.5, 0.6) is 0 Å². The third-order valence-corrected chi connectivity index (χ3v) is 6.20. The van der Waals surface area contributed by atoms with Crippen molar-refractivity contribution >= 4 is 36.3 Å². The van der Waals surface area contributed by atoms with Crippen LogP contribution in [-0.2, 0) is 16.0 Å². The lowest BCUT2D eigenvalue weighted by molar-refractivity contribution is -0.142. The quantitative estimate of drug-likeness (QED) is 0.202. The molecule has 0 spiro atoms. The van der Waals surface area contributed by atoms with Gasteiger partial charge in [-0.15, -0.1) is 0 Å². The molecule has 1 aromatic rings. The molecule has 1 amide bonds. The SMILES string of the molecule is CSCC[C@H](NC(=O)[C@H](Cc1ccccc1)NCC(NC[C@H](N)CS)C(C)C)C(=O)O. The van der Waals surface area contributed by atoms with Crippen molar-refractivity contribution in [2.45, 2.75) is 50.9 Å². The topological polar surface area (TPSA) is 116 Å². The van der Waals surface area contributed by atoms with Crippen molar-refractivity contribution in [3.8, 4) is 0 Å². The Morgan fingerprint density at radius 2 is 1.81 bits per heavy atom. The van der Waals surface area contributed by atoms with Crippen LogP contribution < -0.4 is 21.7 Å². The van der Waals surface area contributed by atoms with Gasteiger partial charge in [0.25, 0.3) is 0 Å². The van der Waals surface area contributed by atoms with E-state index >= 15 is 0 Å². The fourth-order valence-electron chi connectivity index (χ4n) is 3.05. The molecule has 1 unspecified atom stereocenters. The minimum Gasteiger partial charge on any atom is -0.480 e. The van der Waals surface area contributed by atoms with Crippen molar-refractivity contribution in [1.82, 2.24) is 16.0 Å². The van der Waals surface area contributed by atoms with Gasteiger partial charge in [-0.25, -0.2) is 4.79 Å². The van der Waals surface area contributed by atoms with E-state index in [0.717, 1.165) is 5.56 Å². The van der Waals surface area contributed by atoms with Gasteiger partial charge in [0.15, 0.2) is 0 Å². The van der Waals surface area contributed by atoms with E-state index < -0.39 is 18.1 Å². The second-order valence-electron chi connectivity index (χ2n) is 8.03. The molecule has 6 N–H and O–H groups in total. The first kappa shape index (κ1) is 27.8. The lowest BCUT2D eigenvalue weighted by Crippen LogP contribution is -2.55. The average molecular weight is 471 g/mol. The number of hydrogen-bond donors (Lipinski definition) is 6. The summed E-state index contributed by atoms with van der Waals surface area (Å²) < 4.78 is 0. The molecule has 0 radical (unpaired) electrons. The maximum absolute atomic E-state index is 13.0. The molecular weight excluding hydrogens is 432 g/mol. The summed E-state index contributed by atoms with van der Waals surface area (Å²) in [6.45, 7) is 5.42. The maximum Gasteiger partial charge on any atom is 0.326 e. The largest absolute Gasteiger partial charge is 0.480 e. The Balaban J connectivity index is 2.86. The minimum atomic E-state index is -1.01. The molecule has 0 aliphatic carbocycles. The number of carboxylic acids is 1. The number of amides is 1. The normalized spacial score (nSPS) is 15.3. The molecule has 1 rings (SSSR count). The summed E-state index contributed by atoms with van der Waals surface area (Å²) in [5, 5.41) is 19.0. The Bertz CT molecular complexity index is 649. The molecule has 0 saturated carbocycles. The molecule has 176 valence electrons. The first-order chi connectivity index (χ1) is 14.8. The van der Waals surface area contributed by atoms with Crippen LogP contribution in [0.3, 0.4) is 0 Å². The van der Waals surface area contributed by atoms with E-state index in [0.29, 0.717) is 43.4 Å². The molecular formula is C22H38N4O3S2. The molecule has 0 bridgehead atoms. The number of thioether (sulfide) groups is 1. The molecule has 0 heterocycles. The van der Waals surface area contributed by atoms with Gasteiger partial charge >= 0.3 is 5.97 Å². The Kier molecular flexibility index (Phi) is 13.9. The summed E-state index contributed by atoms with van der Waals surface area (Å²) >= 11 is 5.78. The van der Waals surface area contributed by atoms with Gasteiger partial charge < -0.3 is 26.8 Å². The van der Waals surface area contributed by atoms with Gasteiger partial charge in [0.1, 0.15) is 6.04 Å². The summed E-state index contributed by atoms with van der Waals surface area (Å²) in [7, 11) is 0. The number of carbonyl (C=O) groups is 2. The van der Waals surface area contributed by atoms with Crippen molar-refractivity contribution < 1.29 is 14.7 Å². The van der Waals surface area contributed by atoms with Gasteiger partial charge in [-0.2, -0.15) is 24.4 Å². The molecule has 4 atom stereocenters. The summed E-state index contributed by atoms with van der Waals surface area (Å²) in [4.78, 5) is 24.6. The lowest BCUT2D eigenvalue weighted by atomic mass is 10.0. The van der Waals surface area contributed by atoms with Crippen LogP contribution in [0.15, 0.2) is 30.3 Å². The summed E-state index contributed by atoms with van der Waals surface area (Å²) in [5.41, 5.74) is 6.98. The Morgan fingerprint density at radius 3 is 2.35 bits per heavy atom. The molecule has 0 aliphatic heterocycles. The number of aliphatic carboxylic acids is 1. The highest BCUT2D eigenvalue weighted by atomic mass is 32.2.